The zero-order chi connectivity index (χ0) is 19.7. The van der Waals surface area contributed by atoms with Gasteiger partial charge in [0, 0.05) is 23.9 Å². The molecule has 0 aliphatic rings. The average Bonchev–Trinajstić information content (AvgIpc) is 3.13. The molecule has 3 heterocycles. The zero-order valence-corrected chi connectivity index (χ0v) is 15.3. The van der Waals surface area contributed by atoms with Crippen LogP contribution >= 0.6 is 11.6 Å². The molecule has 0 bridgehead atoms. The lowest BCUT2D eigenvalue weighted by atomic mass is 10.2. The third-order valence-corrected chi connectivity index (χ3v) is 4.34. The van der Waals surface area contributed by atoms with Crippen LogP contribution in [-0.2, 0) is 0 Å². The second-order valence-corrected chi connectivity index (χ2v) is 6.15. The molecule has 0 aliphatic carbocycles. The number of non-ortho nitro benzene ring substituents is 1. The number of methoxy groups -OCH3 is 1. The van der Waals surface area contributed by atoms with Crippen molar-refractivity contribution < 1.29 is 9.66 Å². The van der Waals surface area contributed by atoms with Crippen molar-refractivity contribution in [2.24, 2.45) is 0 Å². The number of halogens is 1. The van der Waals surface area contributed by atoms with Crippen LogP contribution in [0.3, 0.4) is 0 Å². The van der Waals surface area contributed by atoms with Gasteiger partial charge in [-0.2, -0.15) is 5.10 Å². The highest BCUT2D eigenvalue weighted by atomic mass is 35.5. The molecule has 0 spiro atoms. The van der Waals surface area contributed by atoms with Crippen LogP contribution < -0.4 is 10.1 Å². The predicted molar refractivity (Wildman–Crippen MR) is 104 cm³/mol. The van der Waals surface area contributed by atoms with Crippen molar-refractivity contribution in [1.82, 2.24) is 19.6 Å². The molecule has 140 valence electrons. The van der Waals surface area contributed by atoms with E-state index in [1.807, 2.05) is 24.4 Å². The molecule has 9 nitrogen and oxygen atoms in total. The number of ether oxygens (including phenoxy) is 1. The highest BCUT2D eigenvalue weighted by molar-refractivity contribution is 6.33. The number of nitro benzene ring substituents is 1. The Labute approximate surface area is 163 Å². The van der Waals surface area contributed by atoms with Crippen LogP contribution in [0.25, 0.3) is 16.8 Å². The molecule has 0 aliphatic heterocycles. The highest BCUT2D eigenvalue weighted by Crippen LogP contribution is 2.33. The molecular weight excluding hydrogens is 384 g/mol. The van der Waals surface area contributed by atoms with Gasteiger partial charge in [-0.25, -0.2) is 14.5 Å². The van der Waals surface area contributed by atoms with E-state index in [0.717, 1.165) is 11.1 Å². The number of anilines is 2. The van der Waals surface area contributed by atoms with Gasteiger partial charge in [0.15, 0.2) is 0 Å². The summed E-state index contributed by atoms with van der Waals surface area (Å²) in [7, 11) is 1.47. The summed E-state index contributed by atoms with van der Waals surface area (Å²) in [6.45, 7) is 0. The van der Waals surface area contributed by atoms with Crippen LogP contribution in [0.4, 0.5) is 17.3 Å². The van der Waals surface area contributed by atoms with Gasteiger partial charge in [-0.1, -0.05) is 17.7 Å². The normalized spacial score (nSPS) is 10.8. The number of hydrogen-bond acceptors (Lipinski definition) is 7. The van der Waals surface area contributed by atoms with Gasteiger partial charge in [-0.05, 0) is 18.2 Å². The number of aromatic nitrogens is 4. The summed E-state index contributed by atoms with van der Waals surface area (Å²) in [5.74, 6) is 0.634. The largest absolute Gasteiger partial charge is 0.495 e. The Morgan fingerprint density at radius 2 is 2.11 bits per heavy atom. The van der Waals surface area contributed by atoms with Gasteiger partial charge in [0.1, 0.15) is 5.75 Å². The maximum absolute atomic E-state index is 11.1. The fraction of sp³-hybridized carbons (Fsp3) is 0.0556. The number of hydrogen-bond donors (Lipinski definition) is 1. The first kappa shape index (κ1) is 17.7. The number of nitrogens with zero attached hydrogens (tertiary/aromatic N) is 5. The highest BCUT2D eigenvalue weighted by Gasteiger charge is 2.16. The Balaban J connectivity index is 1.76. The van der Waals surface area contributed by atoms with E-state index >= 15 is 0 Å². The molecule has 0 radical (unpaired) electrons. The minimum absolute atomic E-state index is 0.0832. The van der Waals surface area contributed by atoms with E-state index in [1.54, 1.807) is 10.7 Å². The van der Waals surface area contributed by atoms with Gasteiger partial charge in [0.05, 0.1) is 46.3 Å². The van der Waals surface area contributed by atoms with E-state index in [9.17, 15) is 10.1 Å². The first-order valence-electron chi connectivity index (χ1n) is 8.11. The minimum atomic E-state index is -0.488. The number of pyridine rings is 1. The lowest BCUT2D eigenvalue weighted by Crippen LogP contribution is -2.01. The van der Waals surface area contributed by atoms with Crippen molar-refractivity contribution in [1.29, 1.82) is 0 Å². The Bertz CT molecular complexity index is 1190. The number of rotatable bonds is 5. The number of fused-ring (bicyclic) bond motifs is 1. The summed E-state index contributed by atoms with van der Waals surface area (Å²) in [6.07, 6.45) is 4.95. The molecule has 1 aromatic carbocycles. The Morgan fingerprint density at radius 1 is 1.25 bits per heavy atom. The van der Waals surface area contributed by atoms with E-state index in [-0.39, 0.29) is 11.6 Å². The molecule has 0 atom stereocenters. The van der Waals surface area contributed by atoms with Crippen molar-refractivity contribution in [2.75, 3.05) is 12.4 Å². The van der Waals surface area contributed by atoms with Crippen LogP contribution in [0.5, 0.6) is 5.75 Å². The summed E-state index contributed by atoms with van der Waals surface area (Å²) >= 11 is 6.31. The SMILES string of the molecule is COc1ccc([N+](=O)[O-])cc1Nc1ncc(Cl)c(-c2cnn3ccccc23)n1. The fourth-order valence-electron chi connectivity index (χ4n) is 2.76. The minimum Gasteiger partial charge on any atom is -0.495 e. The van der Waals surface area contributed by atoms with Crippen LogP contribution in [0, 0.1) is 10.1 Å². The zero-order valence-electron chi connectivity index (χ0n) is 14.5. The monoisotopic (exact) mass is 396 g/mol. The average molecular weight is 397 g/mol. The van der Waals surface area contributed by atoms with Crippen molar-refractivity contribution in [3.63, 3.8) is 0 Å². The summed E-state index contributed by atoms with van der Waals surface area (Å²) in [5.41, 5.74) is 2.35. The van der Waals surface area contributed by atoms with Crippen molar-refractivity contribution in [3.05, 3.63) is 70.1 Å². The Morgan fingerprint density at radius 3 is 2.89 bits per heavy atom. The van der Waals surface area contributed by atoms with Crippen LogP contribution in [0.15, 0.2) is 55.0 Å². The second-order valence-electron chi connectivity index (χ2n) is 5.75. The summed E-state index contributed by atoms with van der Waals surface area (Å²) in [5, 5.41) is 18.7. The standard InChI is InChI=1S/C18H13ClN6O3/c1-28-16-6-5-11(25(26)27)8-14(16)22-18-20-10-13(19)17(23-18)12-9-21-24-7-3-2-4-15(12)24/h2-10H,1H3,(H,20,22,23). The van der Waals surface area contributed by atoms with Gasteiger partial charge in [0.25, 0.3) is 5.69 Å². The molecule has 1 N–H and O–H groups in total. The number of nitro groups is 1. The molecule has 0 fully saturated rings. The summed E-state index contributed by atoms with van der Waals surface area (Å²) in [6, 6.07) is 9.87. The van der Waals surface area contributed by atoms with Crippen LogP contribution in [0.2, 0.25) is 5.02 Å². The van der Waals surface area contributed by atoms with Crippen LogP contribution in [-0.4, -0.2) is 31.6 Å². The van der Waals surface area contributed by atoms with Gasteiger partial charge in [0.2, 0.25) is 5.95 Å². The second kappa shape index (κ2) is 7.12. The van der Waals surface area contributed by atoms with Crippen molar-refractivity contribution in [2.45, 2.75) is 0 Å². The Kier molecular flexibility index (Phi) is 4.50. The maximum atomic E-state index is 11.1. The topological polar surface area (TPSA) is 107 Å². The first-order valence-corrected chi connectivity index (χ1v) is 8.49. The van der Waals surface area contributed by atoms with E-state index in [2.05, 4.69) is 20.4 Å². The third-order valence-electron chi connectivity index (χ3n) is 4.07. The van der Waals surface area contributed by atoms with Crippen molar-refractivity contribution in [3.8, 4) is 17.0 Å². The first-order chi connectivity index (χ1) is 13.6. The molecule has 28 heavy (non-hydrogen) atoms. The molecule has 3 aromatic heterocycles. The van der Waals surface area contributed by atoms with E-state index < -0.39 is 4.92 Å². The van der Waals surface area contributed by atoms with Gasteiger partial charge in [-0.15, -0.1) is 0 Å². The van der Waals surface area contributed by atoms with Gasteiger partial charge < -0.3 is 10.1 Å². The molecule has 4 rings (SSSR count). The van der Waals surface area contributed by atoms with E-state index in [0.29, 0.717) is 22.2 Å². The van der Waals surface area contributed by atoms with Crippen molar-refractivity contribution >= 4 is 34.4 Å². The van der Waals surface area contributed by atoms with E-state index in [4.69, 9.17) is 16.3 Å². The molecule has 10 heteroatoms. The third kappa shape index (κ3) is 3.19. The smallest absolute Gasteiger partial charge is 0.271 e. The van der Waals surface area contributed by atoms with Crippen LogP contribution in [0.1, 0.15) is 0 Å². The van der Waals surface area contributed by atoms with Gasteiger partial charge in [-0.3, -0.25) is 10.1 Å². The number of benzene rings is 1. The van der Waals surface area contributed by atoms with Gasteiger partial charge >= 0.3 is 0 Å². The quantitative estimate of drug-likeness (QED) is 0.399. The molecule has 0 amide bonds. The molecule has 4 aromatic rings. The lowest BCUT2D eigenvalue weighted by Gasteiger charge is -2.11. The molecular formula is C18H13ClN6O3. The van der Waals surface area contributed by atoms with E-state index in [1.165, 1.54) is 31.5 Å². The number of nitrogens with one attached hydrogen (secondary N) is 1. The molecule has 0 saturated carbocycles. The fourth-order valence-corrected chi connectivity index (χ4v) is 2.95. The maximum Gasteiger partial charge on any atom is 0.271 e. The summed E-state index contributed by atoms with van der Waals surface area (Å²) < 4.78 is 6.97. The predicted octanol–water partition coefficient (Wildman–Crippen LogP) is 4.11. The lowest BCUT2D eigenvalue weighted by molar-refractivity contribution is -0.384. The summed E-state index contributed by atoms with van der Waals surface area (Å²) in [4.78, 5) is 19.2. The molecule has 0 unspecified atom stereocenters. The Hall–Kier alpha value is -3.72. The molecule has 0 saturated heterocycles.